The van der Waals surface area contributed by atoms with Crippen LogP contribution in [0.25, 0.3) is 0 Å². The van der Waals surface area contributed by atoms with Crippen LogP contribution >= 0.6 is 11.6 Å². The molecule has 0 spiro atoms. The Morgan fingerprint density at radius 3 is 2.08 bits per heavy atom. The van der Waals surface area contributed by atoms with Gasteiger partial charge in [0.15, 0.2) is 6.61 Å². The molecule has 0 bridgehead atoms. The van der Waals surface area contributed by atoms with E-state index in [0.29, 0.717) is 10.1 Å². The molecule has 0 aromatic heterocycles. The molecule has 2 aromatic rings. The van der Waals surface area contributed by atoms with Crippen molar-refractivity contribution in [3.05, 3.63) is 70.2 Å². The number of carbonyl (C=O) groups excluding carboxylic acids is 4. The number of hydrazine groups is 1. The topological polar surface area (TPSA) is 105 Å². The molecule has 2 N–H and O–H groups in total. The van der Waals surface area contributed by atoms with Crippen molar-refractivity contribution in [3.63, 3.8) is 0 Å². The second-order valence-corrected chi connectivity index (χ2v) is 5.67. The van der Waals surface area contributed by atoms with Crippen LogP contribution in [-0.2, 0) is 9.63 Å². The largest absolute Gasteiger partial charge is 0.285 e. The first-order valence-electron chi connectivity index (χ1n) is 7.43. The van der Waals surface area contributed by atoms with Crippen molar-refractivity contribution in [2.75, 3.05) is 6.61 Å². The number of hydroxylamine groups is 2. The first-order chi connectivity index (χ1) is 12.5. The van der Waals surface area contributed by atoms with Crippen molar-refractivity contribution in [1.29, 1.82) is 0 Å². The maximum Gasteiger partial charge on any atom is 0.285 e. The Bertz CT molecular complexity index is 863. The molecule has 0 saturated carbocycles. The Morgan fingerprint density at radius 2 is 1.50 bits per heavy atom. The molecule has 0 atom stereocenters. The van der Waals surface area contributed by atoms with Crippen LogP contribution < -0.4 is 10.9 Å². The highest BCUT2D eigenvalue weighted by Crippen LogP contribution is 2.22. The number of rotatable bonds is 4. The molecule has 26 heavy (non-hydrogen) atoms. The van der Waals surface area contributed by atoms with E-state index in [1.165, 1.54) is 36.4 Å². The average Bonchev–Trinajstić information content (AvgIpc) is 2.89. The number of hydrogen-bond acceptors (Lipinski definition) is 5. The maximum atomic E-state index is 12.1. The van der Waals surface area contributed by atoms with Gasteiger partial charge in [-0.05, 0) is 36.4 Å². The van der Waals surface area contributed by atoms with E-state index in [1.807, 2.05) is 0 Å². The highest BCUT2D eigenvalue weighted by Gasteiger charge is 2.36. The van der Waals surface area contributed by atoms with E-state index in [2.05, 4.69) is 10.9 Å². The third-order valence-electron chi connectivity index (χ3n) is 3.50. The van der Waals surface area contributed by atoms with E-state index in [4.69, 9.17) is 16.4 Å². The summed E-state index contributed by atoms with van der Waals surface area (Å²) in [5.74, 6) is -2.60. The highest BCUT2D eigenvalue weighted by atomic mass is 35.5. The van der Waals surface area contributed by atoms with Gasteiger partial charge in [0, 0.05) is 10.6 Å². The number of carbonyl (C=O) groups is 4. The first kappa shape index (κ1) is 17.6. The summed E-state index contributed by atoms with van der Waals surface area (Å²) in [5.41, 5.74) is 5.00. The van der Waals surface area contributed by atoms with Crippen LogP contribution in [0.1, 0.15) is 31.1 Å². The molecule has 0 fully saturated rings. The summed E-state index contributed by atoms with van der Waals surface area (Å²) in [7, 11) is 0. The highest BCUT2D eigenvalue weighted by molar-refractivity contribution is 6.30. The van der Waals surface area contributed by atoms with E-state index >= 15 is 0 Å². The van der Waals surface area contributed by atoms with Gasteiger partial charge in [-0.1, -0.05) is 23.7 Å². The number of fused-ring (bicyclic) bond motifs is 1. The van der Waals surface area contributed by atoms with Crippen LogP contribution in [0.15, 0.2) is 48.5 Å². The van der Waals surface area contributed by atoms with Crippen LogP contribution in [0.2, 0.25) is 5.02 Å². The summed E-state index contributed by atoms with van der Waals surface area (Å²) in [6.45, 7) is -0.633. The maximum absolute atomic E-state index is 12.1. The lowest BCUT2D eigenvalue weighted by atomic mass is 10.1. The fourth-order valence-electron chi connectivity index (χ4n) is 2.24. The number of nitrogens with zero attached hydrogens (tertiary/aromatic N) is 1. The molecule has 0 aliphatic carbocycles. The lowest BCUT2D eigenvalue weighted by Crippen LogP contribution is -2.44. The van der Waals surface area contributed by atoms with Gasteiger partial charge in [-0.15, -0.1) is 5.06 Å². The van der Waals surface area contributed by atoms with Crippen LogP contribution in [0.3, 0.4) is 0 Å². The minimum atomic E-state index is -0.746. The molecule has 132 valence electrons. The molecule has 4 amide bonds. The standard InChI is InChI=1S/C17H12ClN3O5/c18-11-7-5-10(6-8-11)15(23)20-19-14(22)9-26-21-16(24)12-3-1-2-4-13(12)17(21)25/h1-8H,9H2,(H,19,22)(H,20,23). The van der Waals surface area contributed by atoms with Crippen molar-refractivity contribution in [2.24, 2.45) is 0 Å². The smallest absolute Gasteiger partial charge is 0.270 e. The van der Waals surface area contributed by atoms with E-state index in [-0.39, 0.29) is 16.7 Å². The van der Waals surface area contributed by atoms with Gasteiger partial charge >= 0.3 is 0 Å². The molecular formula is C17H12ClN3O5. The fraction of sp³-hybridized carbons (Fsp3) is 0.0588. The number of hydrogen-bond donors (Lipinski definition) is 2. The van der Waals surface area contributed by atoms with Crippen molar-refractivity contribution < 1.29 is 24.0 Å². The lowest BCUT2D eigenvalue weighted by Gasteiger charge is -2.13. The molecule has 9 heteroatoms. The number of halogens is 1. The molecule has 0 unspecified atom stereocenters. The zero-order valence-corrected chi connectivity index (χ0v) is 13.9. The lowest BCUT2D eigenvalue weighted by molar-refractivity contribution is -0.140. The van der Waals surface area contributed by atoms with Crippen LogP contribution in [0.5, 0.6) is 0 Å². The molecular weight excluding hydrogens is 362 g/mol. The van der Waals surface area contributed by atoms with Crippen LogP contribution in [0.4, 0.5) is 0 Å². The van der Waals surface area contributed by atoms with Gasteiger partial charge in [0.05, 0.1) is 11.1 Å². The van der Waals surface area contributed by atoms with Crippen LogP contribution in [-0.4, -0.2) is 35.3 Å². The SMILES string of the molecule is O=C(CON1C(=O)c2ccccc2C1=O)NNC(=O)c1ccc(Cl)cc1. The van der Waals surface area contributed by atoms with Gasteiger partial charge in [-0.3, -0.25) is 34.9 Å². The summed E-state index contributed by atoms with van der Waals surface area (Å²) in [4.78, 5) is 52.7. The summed E-state index contributed by atoms with van der Waals surface area (Å²) in [5, 5.41) is 0.991. The molecule has 1 heterocycles. The van der Waals surface area contributed by atoms with Gasteiger partial charge in [0.2, 0.25) is 0 Å². The Hall–Kier alpha value is -3.23. The van der Waals surface area contributed by atoms with E-state index in [0.717, 1.165) is 0 Å². The van der Waals surface area contributed by atoms with Gasteiger partial charge in [0.25, 0.3) is 23.6 Å². The zero-order chi connectivity index (χ0) is 18.7. The Labute approximate surface area is 152 Å². The van der Waals surface area contributed by atoms with E-state index in [1.54, 1.807) is 12.1 Å². The molecule has 0 radical (unpaired) electrons. The third-order valence-corrected chi connectivity index (χ3v) is 3.76. The molecule has 8 nitrogen and oxygen atoms in total. The molecule has 2 aromatic carbocycles. The molecule has 1 aliphatic heterocycles. The van der Waals surface area contributed by atoms with Gasteiger partial charge in [0.1, 0.15) is 0 Å². The average molecular weight is 374 g/mol. The van der Waals surface area contributed by atoms with Gasteiger partial charge < -0.3 is 0 Å². The normalized spacial score (nSPS) is 12.7. The first-order valence-corrected chi connectivity index (χ1v) is 7.80. The quantitative estimate of drug-likeness (QED) is 0.621. The third kappa shape index (κ3) is 3.56. The Kier molecular flexibility index (Phi) is 4.97. The van der Waals surface area contributed by atoms with Crippen molar-refractivity contribution in [1.82, 2.24) is 15.9 Å². The fourth-order valence-corrected chi connectivity index (χ4v) is 2.37. The summed E-state index contributed by atoms with van der Waals surface area (Å²) >= 11 is 5.73. The summed E-state index contributed by atoms with van der Waals surface area (Å²) in [6, 6.07) is 12.3. The number of nitrogens with one attached hydrogen (secondary N) is 2. The predicted octanol–water partition coefficient (Wildman–Crippen LogP) is 1.33. The second-order valence-electron chi connectivity index (χ2n) is 5.23. The molecule has 1 aliphatic rings. The van der Waals surface area contributed by atoms with Crippen LogP contribution in [0, 0.1) is 0 Å². The number of amides is 4. The minimum absolute atomic E-state index is 0.203. The zero-order valence-electron chi connectivity index (χ0n) is 13.2. The van der Waals surface area contributed by atoms with Gasteiger partial charge in [-0.2, -0.15) is 0 Å². The van der Waals surface area contributed by atoms with E-state index in [9.17, 15) is 19.2 Å². The monoisotopic (exact) mass is 373 g/mol. The summed E-state index contributed by atoms with van der Waals surface area (Å²) < 4.78 is 0. The predicted molar refractivity (Wildman–Crippen MR) is 90.0 cm³/mol. The summed E-state index contributed by atoms with van der Waals surface area (Å²) in [6.07, 6.45) is 0. The molecule has 0 saturated heterocycles. The number of benzene rings is 2. The van der Waals surface area contributed by atoms with Crippen molar-refractivity contribution >= 4 is 35.2 Å². The number of imide groups is 1. The Morgan fingerprint density at radius 1 is 0.923 bits per heavy atom. The van der Waals surface area contributed by atoms with Crippen molar-refractivity contribution in [3.8, 4) is 0 Å². The second kappa shape index (κ2) is 7.34. The minimum Gasteiger partial charge on any atom is -0.270 e. The Balaban J connectivity index is 1.50. The van der Waals surface area contributed by atoms with E-state index < -0.39 is 30.2 Å². The van der Waals surface area contributed by atoms with Crippen molar-refractivity contribution in [2.45, 2.75) is 0 Å². The molecule has 3 rings (SSSR count). The van der Waals surface area contributed by atoms with Gasteiger partial charge in [-0.25, -0.2) is 0 Å².